The summed E-state index contributed by atoms with van der Waals surface area (Å²) >= 11 is 0. The van der Waals surface area contributed by atoms with Gasteiger partial charge in [0.2, 0.25) is 10.0 Å². The van der Waals surface area contributed by atoms with Gasteiger partial charge >= 0.3 is 5.97 Å². The third kappa shape index (κ3) is 5.37. The van der Waals surface area contributed by atoms with Crippen molar-refractivity contribution in [2.45, 2.75) is 36.8 Å². The van der Waals surface area contributed by atoms with Gasteiger partial charge in [-0.15, -0.1) is 0 Å². The molecule has 0 radical (unpaired) electrons. The van der Waals surface area contributed by atoms with Crippen LogP contribution in [0.1, 0.15) is 30.1 Å². The van der Waals surface area contributed by atoms with Crippen molar-refractivity contribution in [3.8, 4) is 17.2 Å². The number of carbonyl (C=O) groups excluding carboxylic acids is 2. The lowest BCUT2D eigenvalue weighted by atomic mass is 10.2. The molecular formula is C22H24N2O8S. The van der Waals surface area contributed by atoms with Gasteiger partial charge in [0.15, 0.2) is 17.6 Å². The van der Waals surface area contributed by atoms with Crippen LogP contribution in [0.5, 0.6) is 17.2 Å². The Kier molecular flexibility index (Phi) is 6.43. The lowest BCUT2D eigenvalue weighted by molar-refractivity contribution is -0.123. The zero-order chi connectivity index (χ0) is 23.6. The fourth-order valence-corrected chi connectivity index (χ4v) is 4.64. The quantitative estimate of drug-likeness (QED) is 0.554. The highest BCUT2D eigenvalue weighted by Crippen LogP contribution is 2.33. The number of fused-ring (bicyclic) bond motifs is 1. The molecule has 2 aromatic carbocycles. The molecule has 1 fully saturated rings. The van der Waals surface area contributed by atoms with Crippen molar-refractivity contribution >= 4 is 27.6 Å². The summed E-state index contributed by atoms with van der Waals surface area (Å²) in [5.74, 6) is -0.207. The first-order valence-corrected chi connectivity index (χ1v) is 11.9. The molecule has 0 aromatic heterocycles. The SMILES string of the molecule is COc1ccc(C(=O)O[C@H](C)C(=O)Nc2ccc3c(c2)OCCO3)cc1S(=O)(=O)NC1CC1. The van der Waals surface area contributed by atoms with Gasteiger partial charge in [0.05, 0.1) is 12.7 Å². The van der Waals surface area contributed by atoms with E-state index >= 15 is 0 Å². The van der Waals surface area contributed by atoms with Crippen LogP contribution in [0.25, 0.3) is 0 Å². The normalized spacial score (nSPS) is 15.9. The minimum atomic E-state index is -3.87. The molecule has 0 spiro atoms. The maximum atomic E-state index is 12.6. The van der Waals surface area contributed by atoms with Crippen molar-refractivity contribution in [3.05, 3.63) is 42.0 Å². The summed E-state index contributed by atoms with van der Waals surface area (Å²) in [6, 6.07) is 8.76. The number of ether oxygens (including phenoxy) is 4. The predicted molar refractivity (Wildman–Crippen MR) is 117 cm³/mol. The topological polar surface area (TPSA) is 129 Å². The second kappa shape index (κ2) is 9.28. The zero-order valence-electron chi connectivity index (χ0n) is 18.1. The molecule has 2 aliphatic rings. The standard InChI is InChI=1S/C22H24N2O8S/c1-13(21(25)23-16-6-8-17-19(12-16)31-10-9-30-17)32-22(26)14-3-7-18(29-2)20(11-14)33(27,28)24-15-4-5-15/h3,6-8,11-13,15,24H,4-5,9-10H2,1-2H3,(H,23,25)/t13-/m1/s1. The minimum absolute atomic E-state index is 0.0223. The van der Waals surface area contributed by atoms with Crippen molar-refractivity contribution in [1.29, 1.82) is 0 Å². The smallest absolute Gasteiger partial charge is 0.338 e. The number of esters is 1. The number of hydrogen-bond acceptors (Lipinski definition) is 8. The van der Waals surface area contributed by atoms with Crippen molar-refractivity contribution < 1.29 is 37.0 Å². The van der Waals surface area contributed by atoms with E-state index in [1.54, 1.807) is 18.2 Å². The Labute approximate surface area is 191 Å². The van der Waals surface area contributed by atoms with Crippen molar-refractivity contribution in [2.24, 2.45) is 0 Å². The first-order chi connectivity index (χ1) is 15.8. The Morgan fingerprint density at radius 1 is 1.06 bits per heavy atom. The lowest BCUT2D eigenvalue weighted by Crippen LogP contribution is -2.30. The van der Waals surface area contributed by atoms with Gasteiger partial charge in [0.1, 0.15) is 23.9 Å². The highest BCUT2D eigenvalue weighted by atomic mass is 32.2. The summed E-state index contributed by atoms with van der Waals surface area (Å²) < 4.78 is 49.2. The molecule has 11 heteroatoms. The average Bonchev–Trinajstić information content (AvgIpc) is 3.61. The fourth-order valence-electron chi connectivity index (χ4n) is 3.14. The molecular weight excluding hydrogens is 452 g/mol. The molecule has 1 saturated carbocycles. The summed E-state index contributed by atoms with van der Waals surface area (Å²) in [5, 5.41) is 2.65. The van der Waals surface area contributed by atoms with Crippen LogP contribution in [-0.4, -0.2) is 52.8 Å². The predicted octanol–water partition coefficient (Wildman–Crippen LogP) is 2.09. The minimum Gasteiger partial charge on any atom is -0.495 e. The summed E-state index contributed by atoms with van der Waals surface area (Å²) in [6.07, 6.45) is 0.385. The maximum Gasteiger partial charge on any atom is 0.338 e. The van der Waals surface area contributed by atoms with E-state index in [-0.39, 0.29) is 22.3 Å². The molecule has 1 atom stereocenters. The summed E-state index contributed by atoms with van der Waals surface area (Å²) in [5.41, 5.74) is 0.432. The van der Waals surface area contributed by atoms with Gasteiger partial charge in [-0.3, -0.25) is 4.79 Å². The van der Waals surface area contributed by atoms with E-state index in [4.69, 9.17) is 18.9 Å². The van der Waals surface area contributed by atoms with Crippen molar-refractivity contribution in [2.75, 3.05) is 25.6 Å². The van der Waals surface area contributed by atoms with Crippen LogP contribution < -0.4 is 24.2 Å². The Hall–Kier alpha value is -3.31. The van der Waals surface area contributed by atoms with Crippen LogP contribution in [-0.2, 0) is 19.6 Å². The van der Waals surface area contributed by atoms with Crippen LogP contribution in [0.15, 0.2) is 41.3 Å². The van der Waals surface area contributed by atoms with Gasteiger partial charge in [0.25, 0.3) is 5.91 Å². The number of benzene rings is 2. The van der Waals surface area contributed by atoms with Gasteiger partial charge in [0, 0.05) is 17.8 Å². The van der Waals surface area contributed by atoms with E-state index in [0.717, 1.165) is 12.8 Å². The molecule has 4 rings (SSSR count). The third-order valence-corrected chi connectivity index (χ3v) is 6.59. The number of anilines is 1. The molecule has 10 nitrogen and oxygen atoms in total. The zero-order valence-corrected chi connectivity index (χ0v) is 18.9. The molecule has 1 aliphatic heterocycles. The molecule has 1 aliphatic carbocycles. The number of methoxy groups -OCH3 is 1. The first kappa shape index (κ1) is 22.9. The highest BCUT2D eigenvalue weighted by molar-refractivity contribution is 7.89. The average molecular weight is 477 g/mol. The summed E-state index contributed by atoms with van der Waals surface area (Å²) in [6.45, 7) is 2.28. The van der Waals surface area contributed by atoms with Gasteiger partial charge in [-0.2, -0.15) is 0 Å². The maximum absolute atomic E-state index is 12.6. The van der Waals surface area contributed by atoms with Gasteiger partial charge in [-0.25, -0.2) is 17.9 Å². The van der Waals surface area contributed by atoms with Crippen molar-refractivity contribution in [1.82, 2.24) is 4.72 Å². The van der Waals surface area contributed by atoms with Crippen LogP contribution in [0, 0.1) is 0 Å². The summed E-state index contributed by atoms with van der Waals surface area (Å²) in [4.78, 5) is 25.0. The number of rotatable bonds is 8. The van der Waals surface area contributed by atoms with Crippen molar-refractivity contribution in [3.63, 3.8) is 0 Å². The second-order valence-electron chi connectivity index (χ2n) is 7.66. The number of sulfonamides is 1. The molecule has 1 amide bonds. The summed E-state index contributed by atoms with van der Waals surface area (Å²) in [7, 11) is -2.53. The first-order valence-electron chi connectivity index (χ1n) is 10.4. The van der Waals surface area contributed by atoms with E-state index in [1.165, 1.54) is 32.2 Å². The van der Waals surface area contributed by atoms with Crippen LogP contribution in [0.3, 0.4) is 0 Å². The Balaban J connectivity index is 1.44. The monoisotopic (exact) mass is 476 g/mol. The molecule has 0 unspecified atom stereocenters. The van der Waals surface area contributed by atoms with E-state index in [1.807, 2.05) is 0 Å². The number of nitrogens with one attached hydrogen (secondary N) is 2. The van der Waals surface area contributed by atoms with Gasteiger partial charge in [-0.05, 0) is 50.1 Å². The Bertz CT molecular complexity index is 1180. The van der Waals surface area contributed by atoms with E-state index < -0.39 is 28.0 Å². The number of hydrogen-bond donors (Lipinski definition) is 2. The Morgan fingerprint density at radius 3 is 2.48 bits per heavy atom. The molecule has 0 saturated heterocycles. The van der Waals surface area contributed by atoms with Crippen LogP contribution in [0.4, 0.5) is 5.69 Å². The van der Waals surface area contributed by atoms with E-state index in [0.29, 0.717) is 30.4 Å². The number of amides is 1. The van der Waals surface area contributed by atoms with Crippen LogP contribution in [0.2, 0.25) is 0 Å². The molecule has 2 N–H and O–H groups in total. The lowest BCUT2D eigenvalue weighted by Gasteiger charge is -2.19. The Morgan fingerprint density at radius 2 is 1.79 bits per heavy atom. The second-order valence-corrected chi connectivity index (χ2v) is 9.34. The fraction of sp³-hybridized carbons (Fsp3) is 0.364. The molecule has 2 aromatic rings. The number of carbonyl (C=O) groups is 2. The van der Waals surface area contributed by atoms with E-state index in [2.05, 4.69) is 10.0 Å². The van der Waals surface area contributed by atoms with Gasteiger partial charge < -0.3 is 24.3 Å². The molecule has 33 heavy (non-hydrogen) atoms. The van der Waals surface area contributed by atoms with E-state index in [9.17, 15) is 18.0 Å². The molecule has 0 bridgehead atoms. The largest absolute Gasteiger partial charge is 0.495 e. The molecule has 1 heterocycles. The molecule has 176 valence electrons. The third-order valence-electron chi connectivity index (χ3n) is 5.05. The highest BCUT2D eigenvalue weighted by Gasteiger charge is 2.31. The van der Waals surface area contributed by atoms with Crippen LogP contribution >= 0.6 is 0 Å². The van der Waals surface area contributed by atoms with Gasteiger partial charge in [-0.1, -0.05) is 0 Å².